The summed E-state index contributed by atoms with van der Waals surface area (Å²) in [6, 6.07) is 7.52. The summed E-state index contributed by atoms with van der Waals surface area (Å²) in [4.78, 5) is 13.5. The van der Waals surface area contributed by atoms with Crippen molar-refractivity contribution in [2.45, 2.75) is 48.3 Å². The van der Waals surface area contributed by atoms with Gasteiger partial charge in [-0.15, -0.1) is 0 Å². The van der Waals surface area contributed by atoms with Crippen LogP contribution in [0.1, 0.15) is 24.0 Å². The van der Waals surface area contributed by atoms with Crippen LogP contribution in [0.25, 0.3) is 0 Å². The highest BCUT2D eigenvalue weighted by Gasteiger charge is 2.97. The number of ether oxygens (including phenoxy) is 2. The Balaban J connectivity index is 1.34. The third-order valence-corrected chi connectivity index (χ3v) is 8.90. The number of nitrogens with zero attached hydrogens (tertiary/aromatic N) is 1. The van der Waals surface area contributed by atoms with E-state index < -0.39 is 29.3 Å². The van der Waals surface area contributed by atoms with Gasteiger partial charge in [-0.2, -0.15) is 0 Å². The molecule has 0 amide bonds. The molecule has 5 nitrogen and oxygen atoms in total. The number of hydrogen-bond acceptors (Lipinski definition) is 4. The Bertz CT molecular complexity index is 1160. The summed E-state index contributed by atoms with van der Waals surface area (Å²) in [5.41, 5.74) is -2.75. The van der Waals surface area contributed by atoms with E-state index >= 15 is 0 Å². The number of epoxide rings is 1. The summed E-state index contributed by atoms with van der Waals surface area (Å²) in [6.45, 7) is 0. The van der Waals surface area contributed by atoms with Gasteiger partial charge >= 0.3 is 5.97 Å². The number of likely N-dealkylation sites (N-methyl/N-ethyl adjacent to an activating group) is 1. The number of esters is 1. The predicted octanol–water partition coefficient (Wildman–Crippen LogP) is 3.81. The van der Waals surface area contributed by atoms with Crippen molar-refractivity contribution in [3.8, 4) is 0 Å². The van der Waals surface area contributed by atoms with Crippen molar-refractivity contribution in [1.29, 1.82) is 0 Å². The van der Waals surface area contributed by atoms with Crippen molar-refractivity contribution >= 4 is 29.2 Å². The van der Waals surface area contributed by atoms with Gasteiger partial charge in [-0.25, -0.2) is 13.6 Å². The van der Waals surface area contributed by atoms with E-state index in [4.69, 9.17) is 32.7 Å². The molecule has 2 aromatic carbocycles. The van der Waals surface area contributed by atoms with Crippen LogP contribution in [-0.4, -0.2) is 59.5 Å². The number of halogens is 4. The molecule has 6 atom stereocenters. The number of fused-ring (bicyclic) bond motifs is 4. The van der Waals surface area contributed by atoms with Gasteiger partial charge in [-0.05, 0) is 24.3 Å². The molecule has 1 N–H and O–H groups in total. The summed E-state index contributed by atoms with van der Waals surface area (Å²) in [6.07, 6.45) is 1.14. The predicted molar refractivity (Wildman–Crippen MR) is 116 cm³/mol. The molecule has 174 valence electrons. The van der Waals surface area contributed by atoms with Gasteiger partial charge < -0.3 is 19.1 Å². The summed E-state index contributed by atoms with van der Waals surface area (Å²) < 4.78 is 41.1. The molecule has 1 spiro atoms. The maximum atomic E-state index is 14.3. The molecule has 4 aliphatic rings. The van der Waals surface area contributed by atoms with Crippen LogP contribution in [0.2, 0.25) is 10.0 Å². The first-order valence-corrected chi connectivity index (χ1v) is 11.6. The molecular weight excluding hydrogens is 475 g/mol. The number of carbonyl (C=O) groups excluding carboxylic acids is 1. The number of aliphatic hydroxyl groups is 1. The fraction of sp³-hybridized carbons (Fsp3) is 0.458. The Morgan fingerprint density at radius 2 is 1.70 bits per heavy atom. The summed E-state index contributed by atoms with van der Waals surface area (Å²) in [5.74, 6) is -2.15. The molecule has 9 heteroatoms. The average molecular weight is 497 g/mol. The standard InChI is InChI=1S/C24H22Cl2F2NO4/c1-29(2)18-9-13(10-19(29)24-20(18)21(24)33-24)32-22(30)23(31,11-3-5-14(25)16(27)7-11)12-4-6-15(26)17(28)8-12/h3-8,13,18-21,31H,9-10H2,1-2H3/q+1/t13-,18?,19?,20?,21-,24+/m0/s1. The largest absolute Gasteiger partial charge is 0.459 e. The number of quaternary nitrogens is 1. The second-order valence-corrected chi connectivity index (χ2v) is 10.9. The summed E-state index contributed by atoms with van der Waals surface area (Å²) in [7, 11) is 4.35. The fourth-order valence-corrected chi connectivity index (χ4v) is 6.70. The van der Waals surface area contributed by atoms with E-state index in [2.05, 4.69) is 14.1 Å². The second-order valence-electron chi connectivity index (χ2n) is 10.1. The molecule has 3 unspecified atom stereocenters. The van der Waals surface area contributed by atoms with Gasteiger partial charge in [-0.1, -0.05) is 35.3 Å². The lowest BCUT2D eigenvalue weighted by Gasteiger charge is -2.45. The lowest BCUT2D eigenvalue weighted by atomic mass is 9.85. The van der Waals surface area contributed by atoms with Gasteiger partial charge in [0.25, 0.3) is 0 Å². The quantitative estimate of drug-likeness (QED) is 0.397. The normalized spacial score (nSPS) is 34.9. The van der Waals surface area contributed by atoms with Gasteiger partial charge in [0.15, 0.2) is 5.60 Å². The highest BCUT2D eigenvalue weighted by atomic mass is 35.5. The molecule has 3 heterocycles. The number of rotatable bonds is 4. The minimum Gasteiger partial charge on any atom is -0.459 e. The molecule has 4 fully saturated rings. The molecule has 6 rings (SSSR count). The van der Waals surface area contributed by atoms with Gasteiger partial charge in [0, 0.05) is 24.0 Å². The molecule has 33 heavy (non-hydrogen) atoms. The Hall–Kier alpha value is -1.77. The Kier molecular flexibility index (Phi) is 4.39. The van der Waals surface area contributed by atoms with Gasteiger partial charge in [0.2, 0.25) is 5.60 Å². The zero-order valence-electron chi connectivity index (χ0n) is 17.9. The van der Waals surface area contributed by atoms with E-state index in [9.17, 15) is 18.7 Å². The molecule has 1 aliphatic carbocycles. The minimum atomic E-state index is -2.45. The molecule has 0 radical (unpaired) electrons. The van der Waals surface area contributed by atoms with Crippen LogP contribution in [-0.2, 0) is 19.9 Å². The Labute approximate surface area is 199 Å². The Morgan fingerprint density at radius 1 is 1.12 bits per heavy atom. The van der Waals surface area contributed by atoms with E-state index in [1.807, 2.05) is 0 Å². The second kappa shape index (κ2) is 6.67. The first-order chi connectivity index (χ1) is 15.5. The molecule has 1 saturated carbocycles. The monoisotopic (exact) mass is 496 g/mol. The smallest absolute Gasteiger partial charge is 0.347 e. The third-order valence-electron chi connectivity index (χ3n) is 8.28. The molecule has 3 saturated heterocycles. The molecule has 0 aromatic heterocycles. The highest BCUT2D eigenvalue weighted by Crippen LogP contribution is 2.77. The van der Waals surface area contributed by atoms with E-state index in [1.54, 1.807) is 0 Å². The number of hydrogen-bond donors (Lipinski definition) is 1. The highest BCUT2D eigenvalue weighted by molar-refractivity contribution is 6.31. The van der Waals surface area contributed by atoms with Crippen molar-refractivity contribution in [2.24, 2.45) is 5.92 Å². The van der Waals surface area contributed by atoms with Crippen LogP contribution >= 0.6 is 23.2 Å². The van der Waals surface area contributed by atoms with E-state index in [0.717, 1.165) is 16.6 Å². The molecule has 2 aromatic rings. The zero-order chi connectivity index (χ0) is 23.5. The molecular formula is C24H22Cl2F2NO4+. The summed E-state index contributed by atoms with van der Waals surface area (Å²) in [5, 5.41) is 11.3. The van der Waals surface area contributed by atoms with Crippen molar-refractivity contribution in [1.82, 2.24) is 0 Å². The SMILES string of the molecule is C[N+]1(C)C2C[C@H](OC(=O)C(O)(c3ccc(Cl)c(F)c3)c3ccc(Cl)c(F)c3)CC1[C@]13O[C@H]1C23. The van der Waals surface area contributed by atoms with Crippen LogP contribution in [0.5, 0.6) is 0 Å². The fourth-order valence-electron chi connectivity index (χ4n) is 6.47. The van der Waals surface area contributed by atoms with Gasteiger partial charge in [-0.3, -0.25) is 0 Å². The van der Waals surface area contributed by atoms with E-state index in [1.165, 1.54) is 24.3 Å². The maximum absolute atomic E-state index is 14.3. The van der Waals surface area contributed by atoms with Crippen molar-refractivity contribution in [2.75, 3.05) is 14.1 Å². The minimum absolute atomic E-state index is 0.0791. The van der Waals surface area contributed by atoms with Crippen molar-refractivity contribution in [3.63, 3.8) is 0 Å². The first kappa shape index (κ1) is 21.7. The average Bonchev–Trinajstić information content (AvgIpc) is 3.62. The van der Waals surface area contributed by atoms with Gasteiger partial charge in [0.1, 0.15) is 35.9 Å². The zero-order valence-corrected chi connectivity index (χ0v) is 19.4. The van der Waals surface area contributed by atoms with Gasteiger partial charge in [0.05, 0.1) is 30.1 Å². The topological polar surface area (TPSA) is 59.1 Å². The summed E-state index contributed by atoms with van der Waals surface area (Å²) >= 11 is 11.6. The molecule has 3 aliphatic heterocycles. The first-order valence-electron chi connectivity index (χ1n) is 10.9. The lowest BCUT2D eigenvalue weighted by molar-refractivity contribution is -0.936. The maximum Gasteiger partial charge on any atom is 0.347 e. The van der Waals surface area contributed by atoms with E-state index in [-0.39, 0.29) is 32.8 Å². The van der Waals surface area contributed by atoms with Crippen molar-refractivity contribution < 1.29 is 32.6 Å². The van der Waals surface area contributed by atoms with Crippen LogP contribution in [0, 0.1) is 17.6 Å². The van der Waals surface area contributed by atoms with Crippen LogP contribution in [0.4, 0.5) is 8.78 Å². The number of benzene rings is 2. The van der Waals surface area contributed by atoms with Crippen molar-refractivity contribution in [3.05, 3.63) is 69.2 Å². The van der Waals surface area contributed by atoms with Crippen LogP contribution < -0.4 is 0 Å². The third kappa shape index (κ3) is 2.77. The number of carbonyl (C=O) groups is 1. The van der Waals surface area contributed by atoms with Crippen LogP contribution in [0.15, 0.2) is 36.4 Å². The lowest BCUT2D eigenvalue weighted by Crippen LogP contribution is -2.60. The molecule has 2 bridgehead atoms. The Morgan fingerprint density at radius 3 is 2.18 bits per heavy atom. The van der Waals surface area contributed by atoms with Crippen LogP contribution in [0.3, 0.4) is 0 Å². The van der Waals surface area contributed by atoms with E-state index in [0.29, 0.717) is 30.9 Å². The number of piperidine rings is 2.